The molecule has 0 aliphatic heterocycles. The van der Waals surface area contributed by atoms with Crippen molar-refractivity contribution >= 4 is 65.7 Å². The van der Waals surface area contributed by atoms with Crippen molar-refractivity contribution in [3.05, 3.63) is 231 Å². The number of nitrogens with zero attached hydrogens (tertiary/aromatic N) is 4. The molecule has 0 bridgehead atoms. The fourth-order valence-corrected chi connectivity index (χ4v) is 10.0. The molecule has 4 heterocycles. The van der Waals surface area contributed by atoms with E-state index in [4.69, 9.17) is 23.8 Å². The first-order valence-corrected chi connectivity index (χ1v) is 23.1. The van der Waals surface area contributed by atoms with Gasteiger partial charge in [-0.2, -0.15) is 0 Å². The van der Waals surface area contributed by atoms with Gasteiger partial charge >= 0.3 is 0 Å². The van der Waals surface area contributed by atoms with Crippen molar-refractivity contribution in [2.45, 2.75) is 0 Å². The molecule has 69 heavy (non-hydrogen) atoms. The molecule has 0 atom stereocenters. The lowest BCUT2D eigenvalue weighted by Gasteiger charge is -2.09. The lowest BCUT2D eigenvalue weighted by molar-refractivity contribution is 0.668. The molecule has 0 radical (unpaired) electrons. The molecule has 0 saturated heterocycles. The third kappa shape index (κ3) is 6.61. The summed E-state index contributed by atoms with van der Waals surface area (Å²) in [6.45, 7) is 0. The molecule has 6 nitrogen and oxygen atoms in total. The van der Waals surface area contributed by atoms with Gasteiger partial charge in [0.15, 0.2) is 17.5 Å². The van der Waals surface area contributed by atoms with Crippen LogP contribution < -0.4 is 0 Å². The van der Waals surface area contributed by atoms with Crippen LogP contribution in [0.5, 0.6) is 0 Å². The minimum absolute atomic E-state index is 0.577. The summed E-state index contributed by atoms with van der Waals surface area (Å²) in [5.74, 6) is 1.79. The van der Waals surface area contributed by atoms with Crippen LogP contribution >= 0.6 is 0 Å². The number of rotatable bonds is 7. The van der Waals surface area contributed by atoms with Crippen molar-refractivity contribution in [3.8, 4) is 73.2 Å². The Balaban J connectivity index is 0.803. The quantitative estimate of drug-likeness (QED) is 0.159. The normalized spacial score (nSPS) is 11.8. The largest absolute Gasteiger partial charge is 0.456 e. The number of aromatic nitrogens is 4. The fraction of sp³-hybridized carbons (Fsp3) is 0. The lowest BCUT2D eigenvalue weighted by Crippen LogP contribution is -2.00. The van der Waals surface area contributed by atoms with Crippen molar-refractivity contribution < 1.29 is 8.83 Å². The zero-order valence-corrected chi connectivity index (χ0v) is 37.0. The minimum atomic E-state index is 0.577. The zero-order valence-electron chi connectivity index (χ0n) is 37.0. The molecule has 0 N–H and O–H groups in total. The summed E-state index contributed by atoms with van der Waals surface area (Å²) < 4.78 is 15.7. The standard InChI is InChI=1S/C63H38N4O2/c1-4-12-39(13-5-1)41-20-22-43(23-21-41)62-64-61(42-16-8-3-9-17-42)65-63(66-62)47-26-31-52-50-29-24-45(35-57(50)68-59(52)37-47)46-25-30-51-53-32-28-48(38-60(53)69-58(51)36-46)67-55-19-11-10-18-49(55)54-34-44(27-33-56(54)67)40-14-6-2-7-15-40/h1-38H. The summed E-state index contributed by atoms with van der Waals surface area (Å²) >= 11 is 0. The van der Waals surface area contributed by atoms with E-state index in [9.17, 15) is 0 Å². The maximum absolute atomic E-state index is 6.69. The Kier molecular flexibility index (Phi) is 8.79. The van der Waals surface area contributed by atoms with Gasteiger partial charge in [-0.1, -0.05) is 158 Å². The van der Waals surface area contributed by atoms with Crippen molar-refractivity contribution in [1.29, 1.82) is 0 Å². The van der Waals surface area contributed by atoms with Crippen LogP contribution in [-0.2, 0) is 0 Å². The van der Waals surface area contributed by atoms with Crippen LogP contribution in [0.4, 0.5) is 0 Å². The molecule has 10 aromatic carbocycles. The highest BCUT2D eigenvalue weighted by atomic mass is 16.3. The van der Waals surface area contributed by atoms with Crippen molar-refractivity contribution in [2.75, 3.05) is 0 Å². The Labute approximate surface area is 396 Å². The molecule has 0 amide bonds. The second-order valence-corrected chi connectivity index (χ2v) is 17.6. The highest BCUT2D eigenvalue weighted by Gasteiger charge is 2.18. The molecule has 0 spiro atoms. The first-order chi connectivity index (χ1) is 34.1. The number of furan rings is 2. The Morgan fingerprint density at radius 1 is 0.246 bits per heavy atom. The van der Waals surface area contributed by atoms with Gasteiger partial charge < -0.3 is 13.4 Å². The van der Waals surface area contributed by atoms with Gasteiger partial charge in [-0.15, -0.1) is 0 Å². The zero-order chi connectivity index (χ0) is 45.4. The Bertz CT molecular complexity index is 4290. The van der Waals surface area contributed by atoms with Crippen LogP contribution in [0.25, 0.3) is 139 Å². The molecule has 0 aliphatic carbocycles. The highest BCUT2D eigenvalue weighted by molar-refractivity contribution is 6.12. The summed E-state index contributed by atoms with van der Waals surface area (Å²) in [6, 6.07) is 80.5. The molecular formula is C63H38N4O2. The van der Waals surface area contributed by atoms with Crippen LogP contribution in [0.15, 0.2) is 239 Å². The number of hydrogen-bond donors (Lipinski definition) is 0. The smallest absolute Gasteiger partial charge is 0.164 e. The van der Waals surface area contributed by atoms with Crippen LogP contribution in [0.2, 0.25) is 0 Å². The van der Waals surface area contributed by atoms with Gasteiger partial charge in [-0.3, -0.25) is 0 Å². The average molecular weight is 883 g/mol. The molecule has 322 valence electrons. The first kappa shape index (κ1) is 38.8. The third-order valence-corrected chi connectivity index (χ3v) is 13.5. The van der Waals surface area contributed by atoms with E-state index >= 15 is 0 Å². The lowest BCUT2D eigenvalue weighted by atomic mass is 10.0. The van der Waals surface area contributed by atoms with Gasteiger partial charge in [0.2, 0.25) is 0 Å². The maximum atomic E-state index is 6.69. The number of fused-ring (bicyclic) bond motifs is 9. The summed E-state index contributed by atoms with van der Waals surface area (Å²) in [5.41, 5.74) is 16.1. The van der Waals surface area contributed by atoms with E-state index in [1.807, 2.05) is 42.5 Å². The molecule has 14 rings (SSSR count). The van der Waals surface area contributed by atoms with Crippen molar-refractivity contribution in [1.82, 2.24) is 19.5 Å². The molecule has 4 aromatic heterocycles. The molecule has 6 heteroatoms. The van der Waals surface area contributed by atoms with Crippen LogP contribution in [0.1, 0.15) is 0 Å². The SMILES string of the molecule is c1ccc(-c2ccc(-c3nc(-c4ccccc4)nc(-c4ccc5c(c4)oc4cc(-c6ccc7c(c6)oc6cc(-n8c9ccccc9c9cc(-c%10ccccc%10)ccc98)ccc67)ccc45)n3)cc2)cc1. The molecule has 0 saturated carbocycles. The number of benzene rings is 10. The fourth-order valence-electron chi connectivity index (χ4n) is 10.0. The molecular weight excluding hydrogens is 845 g/mol. The van der Waals surface area contributed by atoms with E-state index in [0.29, 0.717) is 17.5 Å². The van der Waals surface area contributed by atoms with Crippen molar-refractivity contribution in [2.24, 2.45) is 0 Å². The topological polar surface area (TPSA) is 69.9 Å². The second-order valence-electron chi connectivity index (χ2n) is 17.6. The van der Waals surface area contributed by atoms with E-state index in [1.54, 1.807) is 0 Å². The van der Waals surface area contributed by atoms with E-state index in [-0.39, 0.29) is 0 Å². The van der Waals surface area contributed by atoms with Gasteiger partial charge in [0.1, 0.15) is 22.3 Å². The second kappa shape index (κ2) is 15.6. The first-order valence-electron chi connectivity index (χ1n) is 23.1. The Hall–Kier alpha value is -9.39. The molecule has 0 unspecified atom stereocenters. The summed E-state index contributed by atoms with van der Waals surface area (Å²) in [5, 5.41) is 6.67. The Morgan fingerprint density at radius 2 is 0.623 bits per heavy atom. The predicted octanol–water partition coefficient (Wildman–Crippen LogP) is 16.8. The third-order valence-electron chi connectivity index (χ3n) is 13.5. The molecule has 0 aliphatic rings. The van der Waals surface area contributed by atoms with Gasteiger partial charge in [0, 0.05) is 60.8 Å². The summed E-state index contributed by atoms with van der Waals surface area (Å²) in [7, 11) is 0. The van der Waals surface area contributed by atoms with Crippen LogP contribution in [-0.4, -0.2) is 19.5 Å². The summed E-state index contributed by atoms with van der Waals surface area (Å²) in [4.78, 5) is 15.0. The Morgan fingerprint density at radius 3 is 1.23 bits per heavy atom. The van der Waals surface area contributed by atoms with E-state index in [1.165, 1.54) is 21.9 Å². The van der Waals surface area contributed by atoms with Crippen LogP contribution in [0.3, 0.4) is 0 Å². The van der Waals surface area contributed by atoms with Gasteiger partial charge in [0.05, 0.1) is 11.0 Å². The van der Waals surface area contributed by atoms with Gasteiger partial charge in [-0.25, -0.2) is 15.0 Å². The maximum Gasteiger partial charge on any atom is 0.164 e. The van der Waals surface area contributed by atoms with Crippen molar-refractivity contribution in [3.63, 3.8) is 0 Å². The van der Waals surface area contributed by atoms with E-state index in [2.05, 4.69) is 193 Å². The highest BCUT2D eigenvalue weighted by Crippen LogP contribution is 2.40. The summed E-state index contributed by atoms with van der Waals surface area (Å²) in [6.07, 6.45) is 0. The average Bonchev–Trinajstić information content (AvgIpc) is 4.09. The predicted molar refractivity (Wildman–Crippen MR) is 281 cm³/mol. The minimum Gasteiger partial charge on any atom is -0.456 e. The molecule has 14 aromatic rings. The number of para-hydroxylation sites is 1. The van der Waals surface area contributed by atoms with E-state index in [0.717, 1.165) is 99.5 Å². The van der Waals surface area contributed by atoms with Gasteiger partial charge in [-0.05, 0) is 100 Å². The van der Waals surface area contributed by atoms with Gasteiger partial charge in [0.25, 0.3) is 0 Å². The van der Waals surface area contributed by atoms with E-state index < -0.39 is 0 Å². The number of hydrogen-bond acceptors (Lipinski definition) is 5. The van der Waals surface area contributed by atoms with Crippen LogP contribution in [0, 0.1) is 0 Å². The molecule has 0 fully saturated rings. The monoisotopic (exact) mass is 882 g/mol.